The molecule has 1 aromatic rings. The predicted molar refractivity (Wildman–Crippen MR) is 96.6 cm³/mol. The summed E-state index contributed by atoms with van der Waals surface area (Å²) in [4.78, 5) is 23.3. The van der Waals surface area contributed by atoms with Crippen LogP contribution in [0.4, 0.5) is 4.39 Å². The maximum absolute atomic E-state index is 12.9. The summed E-state index contributed by atoms with van der Waals surface area (Å²) in [6.45, 7) is 0. The summed E-state index contributed by atoms with van der Waals surface area (Å²) in [5, 5.41) is 12.5. The van der Waals surface area contributed by atoms with Crippen molar-refractivity contribution in [2.24, 2.45) is 0 Å². The number of aliphatic carboxylic acids is 1. The van der Waals surface area contributed by atoms with Crippen molar-refractivity contribution in [2.45, 2.75) is 49.8 Å². The molecule has 1 amide bonds. The molecule has 7 heteroatoms. The average molecular weight is 371 g/mol. The number of carboxylic acid groups (broad SMARTS) is 1. The molecule has 0 aromatic heterocycles. The Morgan fingerprint density at radius 3 is 2.67 bits per heavy atom. The fraction of sp³-hybridized carbons (Fsp3) is 0.529. The Labute approximate surface area is 149 Å². The van der Waals surface area contributed by atoms with Gasteiger partial charge in [-0.15, -0.1) is 0 Å². The van der Waals surface area contributed by atoms with Crippen molar-refractivity contribution in [3.63, 3.8) is 0 Å². The Morgan fingerprint density at radius 2 is 2.04 bits per heavy atom. The van der Waals surface area contributed by atoms with Gasteiger partial charge in [0.15, 0.2) is 0 Å². The van der Waals surface area contributed by atoms with E-state index in [2.05, 4.69) is 5.32 Å². The Morgan fingerprint density at radius 1 is 1.29 bits per heavy atom. The molecule has 0 bridgehead atoms. The third-order valence-corrected chi connectivity index (χ3v) is 6.90. The van der Waals surface area contributed by atoms with Crippen LogP contribution in [-0.4, -0.2) is 34.0 Å². The van der Waals surface area contributed by atoms with E-state index in [4.69, 9.17) is 0 Å². The number of rotatable bonds is 9. The van der Waals surface area contributed by atoms with Gasteiger partial charge in [-0.2, -0.15) is 0 Å². The van der Waals surface area contributed by atoms with E-state index in [-0.39, 0.29) is 18.1 Å². The number of hydrogen-bond donors (Lipinski definition) is 2. The van der Waals surface area contributed by atoms with Crippen molar-refractivity contribution in [2.75, 3.05) is 5.75 Å². The number of benzene rings is 1. The number of carbonyl (C=O) groups is 2. The first-order valence-corrected chi connectivity index (χ1v) is 10.5. The van der Waals surface area contributed by atoms with Crippen LogP contribution in [0.2, 0.25) is 0 Å². The highest BCUT2D eigenvalue weighted by atomic mass is 33.1. The van der Waals surface area contributed by atoms with Crippen molar-refractivity contribution in [1.82, 2.24) is 5.32 Å². The van der Waals surface area contributed by atoms with E-state index in [1.807, 2.05) is 21.6 Å². The van der Waals surface area contributed by atoms with E-state index >= 15 is 0 Å². The highest BCUT2D eigenvalue weighted by Crippen LogP contribution is 2.39. The van der Waals surface area contributed by atoms with E-state index in [1.165, 1.54) is 36.4 Å². The molecule has 132 valence electrons. The number of unbranched alkanes of at least 4 members (excludes halogenated alkanes) is 1. The van der Waals surface area contributed by atoms with Crippen LogP contribution in [0.3, 0.4) is 0 Å². The lowest BCUT2D eigenvalue weighted by molar-refractivity contribution is -0.141. The van der Waals surface area contributed by atoms with Gasteiger partial charge in [0, 0.05) is 23.8 Å². The second-order valence-corrected chi connectivity index (χ2v) is 8.65. The molecule has 2 atom stereocenters. The molecule has 1 heterocycles. The van der Waals surface area contributed by atoms with Crippen LogP contribution in [0.1, 0.15) is 37.7 Å². The van der Waals surface area contributed by atoms with Crippen LogP contribution < -0.4 is 5.32 Å². The minimum atomic E-state index is -1.08. The van der Waals surface area contributed by atoms with Gasteiger partial charge in [-0.1, -0.05) is 40.1 Å². The summed E-state index contributed by atoms with van der Waals surface area (Å²) in [7, 11) is 3.84. The van der Waals surface area contributed by atoms with E-state index in [0.29, 0.717) is 17.2 Å². The molecular weight excluding hydrogens is 349 g/mol. The highest BCUT2D eigenvalue weighted by molar-refractivity contribution is 8.77. The standard InChI is InChI=1S/C17H22FNO3S2/c18-13-7-5-12(6-8-13)11-15(17(21)22)19-16(20)4-2-1-3-14-9-10-23-24-14/h5-8,14-15H,1-4,9-11H2,(H,19,20)(H,21,22). The van der Waals surface area contributed by atoms with Crippen molar-refractivity contribution in [3.05, 3.63) is 35.6 Å². The summed E-state index contributed by atoms with van der Waals surface area (Å²) >= 11 is 0. The second kappa shape index (κ2) is 9.93. The molecule has 2 N–H and O–H groups in total. The minimum Gasteiger partial charge on any atom is -0.480 e. The van der Waals surface area contributed by atoms with Gasteiger partial charge in [0.05, 0.1) is 0 Å². The van der Waals surface area contributed by atoms with Gasteiger partial charge in [-0.25, -0.2) is 9.18 Å². The third kappa shape index (κ3) is 6.73. The van der Waals surface area contributed by atoms with E-state index in [1.54, 1.807) is 0 Å². The van der Waals surface area contributed by atoms with Crippen molar-refractivity contribution in [1.29, 1.82) is 0 Å². The topological polar surface area (TPSA) is 66.4 Å². The van der Waals surface area contributed by atoms with Crippen LogP contribution in [0.5, 0.6) is 0 Å². The van der Waals surface area contributed by atoms with Crippen LogP contribution in [0, 0.1) is 5.82 Å². The monoisotopic (exact) mass is 371 g/mol. The number of carboxylic acids is 1. The zero-order valence-electron chi connectivity index (χ0n) is 13.4. The zero-order valence-corrected chi connectivity index (χ0v) is 15.0. The molecule has 0 saturated carbocycles. The molecule has 1 aromatic carbocycles. The first kappa shape index (κ1) is 19.1. The smallest absolute Gasteiger partial charge is 0.326 e. The van der Waals surface area contributed by atoms with Crippen molar-refractivity contribution >= 4 is 33.5 Å². The lowest BCUT2D eigenvalue weighted by Gasteiger charge is -2.15. The Bertz CT molecular complexity index is 547. The van der Waals surface area contributed by atoms with E-state index < -0.39 is 12.0 Å². The Hall–Kier alpha value is -1.21. The quantitative estimate of drug-likeness (QED) is 0.512. The molecule has 2 unspecified atom stereocenters. The Kier molecular flexibility index (Phi) is 7.91. The maximum Gasteiger partial charge on any atom is 0.326 e. The van der Waals surface area contributed by atoms with Gasteiger partial charge in [-0.3, -0.25) is 4.79 Å². The zero-order chi connectivity index (χ0) is 17.4. The van der Waals surface area contributed by atoms with E-state index in [9.17, 15) is 19.1 Å². The summed E-state index contributed by atoms with van der Waals surface area (Å²) in [6.07, 6.45) is 4.61. The number of halogens is 1. The molecule has 0 radical (unpaired) electrons. The molecule has 4 nitrogen and oxygen atoms in total. The summed E-state index contributed by atoms with van der Waals surface area (Å²) in [5.41, 5.74) is 0.680. The number of amides is 1. The fourth-order valence-corrected chi connectivity index (χ4v) is 5.57. The molecule has 1 aliphatic rings. The first-order valence-electron chi connectivity index (χ1n) is 8.09. The van der Waals surface area contributed by atoms with Crippen LogP contribution in [0.25, 0.3) is 0 Å². The molecular formula is C17H22FNO3S2. The minimum absolute atomic E-state index is 0.150. The van der Waals surface area contributed by atoms with Crippen LogP contribution in [0.15, 0.2) is 24.3 Å². The second-order valence-electron chi connectivity index (χ2n) is 5.86. The summed E-state index contributed by atoms with van der Waals surface area (Å²) < 4.78 is 12.9. The molecule has 0 spiro atoms. The molecule has 1 fully saturated rings. The predicted octanol–water partition coefficient (Wildman–Crippen LogP) is 3.65. The van der Waals surface area contributed by atoms with Crippen molar-refractivity contribution in [3.8, 4) is 0 Å². The number of hydrogen-bond acceptors (Lipinski definition) is 4. The first-order chi connectivity index (χ1) is 11.5. The Balaban J connectivity index is 1.71. The average Bonchev–Trinajstić information content (AvgIpc) is 3.06. The van der Waals surface area contributed by atoms with Gasteiger partial charge < -0.3 is 10.4 Å². The number of nitrogens with one attached hydrogen (secondary N) is 1. The van der Waals surface area contributed by atoms with Crippen LogP contribution >= 0.6 is 21.6 Å². The number of carbonyl (C=O) groups excluding carboxylic acids is 1. The van der Waals surface area contributed by atoms with Gasteiger partial charge in [-0.05, 0) is 37.0 Å². The highest BCUT2D eigenvalue weighted by Gasteiger charge is 2.20. The molecule has 2 rings (SSSR count). The molecule has 1 saturated heterocycles. The van der Waals surface area contributed by atoms with Gasteiger partial charge in [0.25, 0.3) is 0 Å². The van der Waals surface area contributed by atoms with Gasteiger partial charge in [0.1, 0.15) is 11.9 Å². The van der Waals surface area contributed by atoms with Crippen LogP contribution in [-0.2, 0) is 16.0 Å². The summed E-state index contributed by atoms with van der Waals surface area (Å²) in [5.74, 6) is -0.474. The van der Waals surface area contributed by atoms with E-state index in [0.717, 1.165) is 19.3 Å². The SMILES string of the molecule is O=C(CCCCC1CCSS1)NC(Cc1ccc(F)cc1)C(=O)O. The van der Waals surface area contributed by atoms with Gasteiger partial charge >= 0.3 is 5.97 Å². The normalized spacial score (nSPS) is 18.3. The largest absolute Gasteiger partial charge is 0.480 e. The maximum atomic E-state index is 12.9. The summed E-state index contributed by atoms with van der Waals surface area (Å²) in [6, 6.07) is 4.67. The van der Waals surface area contributed by atoms with Gasteiger partial charge in [0.2, 0.25) is 5.91 Å². The third-order valence-electron chi connectivity index (χ3n) is 3.89. The molecule has 1 aliphatic heterocycles. The lowest BCUT2D eigenvalue weighted by atomic mass is 10.1. The lowest BCUT2D eigenvalue weighted by Crippen LogP contribution is -2.42. The molecule has 24 heavy (non-hydrogen) atoms. The van der Waals surface area contributed by atoms with Crippen molar-refractivity contribution < 1.29 is 19.1 Å². The molecule has 0 aliphatic carbocycles. The fourth-order valence-electron chi connectivity index (χ4n) is 2.54.